The summed E-state index contributed by atoms with van der Waals surface area (Å²) in [5.74, 6) is 1.74. The van der Waals surface area contributed by atoms with E-state index in [0.29, 0.717) is 0 Å². The highest BCUT2D eigenvalue weighted by atomic mass is 16.5. The third-order valence-corrected chi connectivity index (χ3v) is 7.02. The Morgan fingerprint density at radius 2 is 0.944 bits per heavy atom. The van der Waals surface area contributed by atoms with Crippen LogP contribution in [-0.4, -0.2) is 40.6 Å². The summed E-state index contributed by atoms with van der Waals surface area (Å²) >= 11 is 0. The van der Waals surface area contributed by atoms with Gasteiger partial charge in [-0.2, -0.15) is 0 Å². The van der Waals surface area contributed by atoms with Crippen LogP contribution in [0.15, 0.2) is 97.1 Å². The molecule has 182 valence electrons. The van der Waals surface area contributed by atoms with E-state index in [1.54, 1.807) is 14.2 Å². The highest BCUT2D eigenvalue weighted by Gasteiger charge is 2.30. The number of rotatable bonds is 7. The first-order valence-corrected chi connectivity index (χ1v) is 12.3. The quantitative estimate of drug-likeness (QED) is 0.313. The topological polar surface area (TPSA) is 31.4 Å². The van der Waals surface area contributed by atoms with Crippen LogP contribution >= 0.6 is 0 Å². The van der Waals surface area contributed by atoms with Crippen molar-refractivity contribution >= 4 is 34.1 Å². The average Bonchev–Trinajstić information content (AvgIpc) is 3.51. The first-order valence-electron chi connectivity index (χ1n) is 12.3. The Hall–Kier alpha value is -4.32. The molecule has 0 bridgehead atoms. The third kappa shape index (κ3) is 3.94. The molecule has 2 aliphatic rings. The van der Waals surface area contributed by atoms with Gasteiger partial charge in [0.25, 0.3) is 0 Å². The Labute approximate surface area is 212 Å². The lowest BCUT2D eigenvalue weighted by atomic mass is 10.2. The molecule has 6 nitrogen and oxygen atoms in total. The molecule has 0 spiro atoms. The van der Waals surface area contributed by atoms with Gasteiger partial charge in [-0.3, -0.25) is 0 Å². The SMILES string of the molecule is COc1cccc(N2CN(CCN3CN(c4cccc(OC)c4)c4ccccc43)c3ccccc32)c1. The number of hydrogen-bond acceptors (Lipinski definition) is 6. The lowest BCUT2D eigenvalue weighted by Crippen LogP contribution is -2.37. The monoisotopic (exact) mass is 478 g/mol. The van der Waals surface area contributed by atoms with Gasteiger partial charge >= 0.3 is 0 Å². The first-order chi connectivity index (χ1) is 17.7. The van der Waals surface area contributed by atoms with E-state index in [1.807, 2.05) is 24.3 Å². The Morgan fingerprint density at radius 3 is 1.36 bits per heavy atom. The van der Waals surface area contributed by atoms with Crippen molar-refractivity contribution in [1.82, 2.24) is 0 Å². The third-order valence-electron chi connectivity index (χ3n) is 7.02. The van der Waals surface area contributed by atoms with Gasteiger partial charge in [0.2, 0.25) is 0 Å². The predicted molar refractivity (Wildman–Crippen MR) is 148 cm³/mol. The molecule has 0 saturated carbocycles. The molecule has 4 aromatic rings. The van der Waals surface area contributed by atoms with E-state index in [4.69, 9.17) is 9.47 Å². The van der Waals surface area contributed by atoms with Crippen molar-refractivity contribution < 1.29 is 9.47 Å². The molecular formula is C30H30N4O2. The fourth-order valence-electron chi connectivity index (χ4n) is 5.19. The molecule has 0 unspecified atom stereocenters. The van der Waals surface area contributed by atoms with Crippen molar-refractivity contribution in [2.75, 3.05) is 60.2 Å². The molecule has 0 radical (unpaired) electrons. The smallest absolute Gasteiger partial charge is 0.120 e. The molecule has 0 amide bonds. The molecule has 6 rings (SSSR count). The second-order valence-electron chi connectivity index (χ2n) is 9.05. The van der Waals surface area contributed by atoms with Gasteiger partial charge in [-0.15, -0.1) is 0 Å². The number of para-hydroxylation sites is 4. The van der Waals surface area contributed by atoms with E-state index in [2.05, 4.69) is 92.4 Å². The van der Waals surface area contributed by atoms with Crippen LogP contribution in [-0.2, 0) is 0 Å². The van der Waals surface area contributed by atoms with E-state index >= 15 is 0 Å². The van der Waals surface area contributed by atoms with Crippen molar-refractivity contribution in [3.63, 3.8) is 0 Å². The summed E-state index contributed by atoms with van der Waals surface area (Å²) in [7, 11) is 3.43. The van der Waals surface area contributed by atoms with Gasteiger partial charge in [0.05, 0.1) is 50.3 Å². The normalized spacial score (nSPS) is 14.2. The van der Waals surface area contributed by atoms with E-state index in [9.17, 15) is 0 Å². The highest BCUT2D eigenvalue weighted by Crippen LogP contribution is 2.43. The number of fused-ring (bicyclic) bond motifs is 2. The molecule has 0 aliphatic carbocycles. The minimum Gasteiger partial charge on any atom is -0.497 e. The molecule has 2 aliphatic heterocycles. The molecule has 0 fully saturated rings. The fraction of sp³-hybridized carbons (Fsp3) is 0.200. The number of methoxy groups -OCH3 is 2. The van der Waals surface area contributed by atoms with Gasteiger partial charge in [0.15, 0.2) is 0 Å². The zero-order chi connectivity index (χ0) is 24.5. The Balaban J connectivity index is 1.23. The van der Waals surface area contributed by atoms with Crippen LogP contribution in [0.25, 0.3) is 0 Å². The molecule has 0 saturated heterocycles. The Morgan fingerprint density at radius 1 is 0.528 bits per heavy atom. The van der Waals surface area contributed by atoms with Gasteiger partial charge < -0.3 is 29.1 Å². The van der Waals surface area contributed by atoms with Gasteiger partial charge in [0.1, 0.15) is 11.5 Å². The minimum absolute atomic E-state index is 0.807. The maximum Gasteiger partial charge on any atom is 0.120 e. The lowest BCUT2D eigenvalue weighted by molar-refractivity contribution is 0.415. The summed E-state index contributed by atoms with van der Waals surface area (Å²) in [6.45, 7) is 3.44. The molecule has 0 aromatic heterocycles. The maximum absolute atomic E-state index is 5.48. The van der Waals surface area contributed by atoms with Crippen LogP contribution < -0.4 is 29.1 Å². The first kappa shape index (κ1) is 22.2. The largest absolute Gasteiger partial charge is 0.497 e. The molecule has 6 heteroatoms. The van der Waals surface area contributed by atoms with Gasteiger partial charge in [-0.1, -0.05) is 36.4 Å². The van der Waals surface area contributed by atoms with Gasteiger partial charge in [-0.05, 0) is 48.5 Å². The molecule has 0 N–H and O–H groups in total. The summed E-state index contributed by atoms with van der Waals surface area (Å²) in [6, 6.07) is 33.9. The molecule has 0 atom stereocenters. The van der Waals surface area contributed by atoms with Crippen LogP contribution in [0.4, 0.5) is 34.1 Å². The summed E-state index contributed by atoms with van der Waals surface area (Å²) in [4.78, 5) is 9.65. The van der Waals surface area contributed by atoms with Crippen LogP contribution in [0, 0.1) is 0 Å². The van der Waals surface area contributed by atoms with Crippen molar-refractivity contribution in [3.05, 3.63) is 97.1 Å². The Bertz CT molecular complexity index is 1270. The second kappa shape index (κ2) is 9.38. The number of anilines is 6. The van der Waals surface area contributed by atoms with Crippen LogP contribution in [0.3, 0.4) is 0 Å². The standard InChI is InChI=1S/C30H30N4O2/c1-35-25-11-7-9-23(19-25)33-21-31(27-13-3-5-15-29(27)33)17-18-32-22-34(30-16-6-4-14-28(30)32)24-10-8-12-26(20-24)36-2/h3-16,19-20H,17-18,21-22H2,1-2H3. The molecule has 36 heavy (non-hydrogen) atoms. The summed E-state index contributed by atoms with van der Waals surface area (Å²) < 4.78 is 11.0. The lowest BCUT2D eigenvalue weighted by Gasteiger charge is -2.26. The number of nitrogens with zero attached hydrogens (tertiary/aromatic N) is 4. The van der Waals surface area contributed by atoms with Crippen molar-refractivity contribution in [2.24, 2.45) is 0 Å². The van der Waals surface area contributed by atoms with Crippen LogP contribution in [0.5, 0.6) is 11.5 Å². The summed E-state index contributed by atoms with van der Waals surface area (Å²) in [5.41, 5.74) is 7.26. The molecule has 2 heterocycles. The van der Waals surface area contributed by atoms with Gasteiger partial charge in [-0.25, -0.2) is 0 Å². The van der Waals surface area contributed by atoms with Crippen LogP contribution in [0.1, 0.15) is 0 Å². The highest BCUT2D eigenvalue weighted by molar-refractivity contribution is 5.84. The summed E-state index contributed by atoms with van der Waals surface area (Å²) in [5, 5.41) is 0. The number of hydrogen-bond donors (Lipinski definition) is 0. The zero-order valence-corrected chi connectivity index (χ0v) is 20.7. The van der Waals surface area contributed by atoms with E-state index in [0.717, 1.165) is 49.3 Å². The van der Waals surface area contributed by atoms with Crippen molar-refractivity contribution in [3.8, 4) is 11.5 Å². The number of ether oxygens (including phenoxy) is 2. The van der Waals surface area contributed by atoms with E-state index < -0.39 is 0 Å². The Kier molecular flexibility index (Phi) is 5.77. The van der Waals surface area contributed by atoms with E-state index in [1.165, 1.54) is 22.7 Å². The minimum atomic E-state index is 0.807. The van der Waals surface area contributed by atoms with Crippen molar-refractivity contribution in [2.45, 2.75) is 0 Å². The fourth-order valence-corrected chi connectivity index (χ4v) is 5.19. The number of benzene rings is 4. The predicted octanol–water partition coefficient (Wildman–Crippen LogP) is 6.24. The summed E-state index contributed by atoms with van der Waals surface area (Å²) in [6.07, 6.45) is 0. The van der Waals surface area contributed by atoms with Gasteiger partial charge in [0, 0.05) is 36.6 Å². The molecule has 4 aromatic carbocycles. The van der Waals surface area contributed by atoms with Crippen molar-refractivity contribution in [1.29, 1.82) is 0 Å². The van der Waals surface area contributed by atoms with E-state index in [-0.39, 0.29) is 0 Å². The zero-order valence-electron chi connectivity index (χ0n) is 20.7. The average molecular weight is 479 g/mol. The maximum atomic E-state index is 5.48. The van der Waals surface area contributed by atoms with Crippen LogP contribution in [0.2, 0.25) is 0 Å². The second-order valence-corrected chi connectivity index (χ2v) is 9.05. The molecular weight excluding hydrogens is 448 g/mol.